The van der Waals surface area contributed by atoms with Crippen LogP contribution in [0.1, 0.15) is 51.9 Å². The van der Waals surface area contributed by atoms with Crippen LogP contribution in [-0.4, -0.2) is 18.6 Å². The third-order valence-electron chi connectivity index (χ3n) is 2.51. The van der Waals surface area contributed by atoms with E-state index >= 15 is 0 Å². The molecule has 1 saturated carbocycles. The smallest absolute Gasteiger partial charge is 0.0895 e. The van der Waals surface area contributed by atoms with Crippen LogP contribution in [0.2, 0.25) is 0 Å². The normalized spacial score (nSPS) is 17.9. The van der Waals surface area contributed by atoms with Crippen LogP contribution in [0.4, 0.5) is 0 Å². The van der Waals surface area contributed by atoms with E-state index in [2.05, 4.69) is 22.9 Å². The van der Waals surface area contributed by atoms with Gasteiger partial charge in [-0.15, -0.1) is 0 Å². The number of hydrogen-bond acceptors (Lipinski definition) is 2. The van der Waals surface area contributed by atoms with Crippen molar-refractivity contribution in [3.05, 3.63) is 0 Å². The molecule has 13 heavy (non-hydrogen) atoms. The molecule has 0 saturated heterocycles. The van der Waals surface area contributed by atoms with E-state index in [1.165, 1.54) is 38.5 Å². The molecule has 0 atom stereocenters. The van der Waals surface area contributed by atoms with Crippen molar-refractivity contribution in [1.82, 2.24) is 0 Å². The fourth-order valence-electron chi connectivity index (χ4n) is 1.62. The zero-order valence-corrected chi connectivity index (χ0v) is 8.63. The van der Waals surface area contributed by atoms with Crippen molar-refractivity contribution >= 4 is 6.01 Å². The van der Waals surface area contributed by atoms with Crippen LogP contribution in [0.25, 0.3) is 0 Å². The minimum atomic E-state index is 0.527. The maximum Gasteiger partial charge on any atom is 0.0895 e. The molecule has 74 valence electrons. The Morgan fingerprint density at radius 3 is 2.69 bits per heavy atom. The lowest BCUT2D eigenvalue weighted by Crippen LogP contribution is -2.08. The molecule has 1 aliphatic rings. The summed E-state index contributed by atoms with van der Waals surface area (Å²) in [5.74, 6) is 0. The highest BCUT2D eigenvalue weighted by Gasteiger charge is 2.10. The van der Waals surface area contributed by atoms with E-state index in [1.807, 2.05) is 0 Å². The molecule has 0 unspecified atom stereocenters. The van der Waals surface area contributed by atoms with Crippen molar-refractivity contribution in [2.24, 2.45) is 9.98 Å². The van der Waals surface area contributed by atoms with Gasteiger partial charge < -0.3 is 0 Å². The second-order valence-electron chi connectivity index (χ2n) is 3.76. The first-order valence-electron chi connectivity index (χ1n) is 5.55. The van der Waals surface area contributed by atoms with Crippen LogP contribution < -0.4 is 0 Å². The summed E-state index contributed by atoms with van der Waals surface area (Å²) in [7, 11) is 0. The highest BCUT2D eigenvalue weighted by molar-refractivity contribution is 5.41. The topological polar surface area (TPSA) is 24.7 Å². The number of unbranched alkanes of at least 4 members (excludes halogenated alkanes) is 1. The van der Waals surface area contributed by atoms with E-state index in [4.69, 9.17) is 0 Å². The zero-order valence-electron chi connectivity index (χ0n) is 8.63. The first-order valence-corrected chi connectivity index (χ1v) is 5.55. The molecular formula is C11H20N2. The van der Waals surface area contributed by atoms with E-state index in [9.17, 15) is 0 Å². The van der Waals surface area contributed by atoms with Gasteiger partial charge in [-0.1, -0.05) is 32.6 Å². The van der Waals surface area contributed by atoms with Crippen LogP contribution in [-0.2, 0) is 0 Å². The van der Waals surface area contributed by atoms with Gasteiger partial charge in [-0.2, -0.15) is 0 Å². The molecule has 1 fully saturated rings. The molecule has 0 amide bonds. The van der Waals surface area contributed by atoms with Crippen molar-refractivity contribution in [2.75, 3.05) is 6.54 Å². The highest BCUT2D eigenvalue weighted by Crippen LogP contribution is 2.19. The summed E-state index contributed by atoms with van der Waals surface area (Å²) in [4.78, 5) is 8.48. The molecule has 0 aromatic carbocycles. The Balaban J connectivity index is 2.16. The Labute approximate surface area is 81.2 Å². The average Bonchev–Trinajstić information content (AvgIpc) is 2.19. The minimum Gasteiger partial charge on any atom is -0.226 e. The van der Waals surface area contributed by atoms with Crippen molar-refractivity contribution < 1.29 is 0 Å². The Bertz CT molecular complexity index is 175. The van der Waals surface area contributed by atoms with Crippen molar-refractivity contribution in [3.63, 3.8) is 0 Å². The average molecular weight is 180 g/mol. The van der Waals surface area contributed by atoms with Gasteiger partial charge in [0.15, 0.2) is 0 Å². The van der Waals surface area contributed by atoms with Gasteiger partial charge in [0.2, 0.25) is 0 Å². The third kappa shape index (κ3) is 4.84. The lowest BCUT2D eigenvalue weighted by atomic mass is 9.96. The van der Waals surface area contributed by atoms with Crippen LogP contribution in [0.3, 0.4) is 0 Å². The molecule has 0 radical (unpaired) electrons. The second kappa shape index (κ2) is 6.85. The summed E-state index contributed by atoms with van der Waals surface area (Å²) in [5.41, 5.74) is 0. The van der Waals surface area contributed by atoms with Crippen LogP contribution in [0, 0.1) is 0 Å². The Hall–Kier alpha value is -0.620. The summed E-state index contributed by atoms with van der Waals surface area (Å²) in [6, 6.07) is 3.37. The summed E-state index contributed by atoms with van der Waals surface area (Å²) in [5, 5.41) is 0. The fraction of sp³-hybridized carbons (Fsp3) is 0.909. The monoisotopic (exact) mass is 180 g/mol. The van der Waals surface area contributed by atoms with Crippen LogP contribution in [0.5, 0.6) is 0 Å². The van der Waals surface area contributed by atoms with Crippen LogP contribution in [0.15, 0.2) is 9.98 Å². The molecule has 0 N–H and O–H groups in total. The number of aliphatic imine (C=N–C) groups is 2. The summed E-state index contributed by atoms with van der Waals surface area (Å²) < 4.78 is 0. The van der Waals surface area contributed by atoms with Crippen molar-refractivity contribution in [3.8, 4) is 0 Å². The molecule has 0 aromatic heterocycles. The highest BCUT2D eigenvalue weighted by atomic mass is 14.8. The first kappa shape index (κ1) is 10.5. The predicted molar refractivity (Wildman–Crippen MR) is 56.5 cm³/mol. The molecule has 0 heterocycles. The Kier molecular flexibility index (Phi) is 5.51. The Morgan fingerprint density at radius 1 is 1.23 bits per heavy atom. The SMILES string of the molecule is CCCCN=C=NC1CCCCC1. The van der Waals surface area contributed by atoms with E-state index in [-0.39, 0.29) is 0 Å². The van der Waals surface area contributed by atoms with E-state index in [1.54, 1.807) is 0 Å². The predicted octanol–water partition coefficient (Wildman–Crippen LogP) is 3.29. The largest absolute Gasteiger partial charge is 0.226 e. The van der Waals surface area contributed by atoms with Gasteiger partial charge in [0.05, 0.1) is 12.1 Å². The number of nitrogens with zero attached hydrogens (tertiary/aromatic N) is 2. The van der Waals surface area contributed by atoms with Crippen LogP contribution >= 0.6 is 0 Å². The standard InChI is InChI=1S/C11H20N2/c1-2-3-9-12-10-13-11-7-5-4-6-8-11/h11H,2-9H2,1H3. The summed E-state index contributed by atoms with van der Waals surface area (Å²) in [6.45, 7) is 3.07. The molecular weight excluding hydrogens is 160 g/mol. The van der Waals surface area contributed by atoms with Gasteiger partial charge in [0.1, 0.15) is 0 Å². The lowest BCUT2D eigenvalue weighted by molar-refractivity contribution is 0.444. The quantitative estimate of drug-likeness (QED) is 0.468. The summed E-state index contributed by atoms with van der Waals surface area (Å²) in [6.07, 6.45) is 8.92. The molecule has 2 heteroatoms. The summed E-state index contributed by atoms with van der Waals surface area (Å²) >= 11 is 0. The molecule has 2 nitrogen and oxygen atoms in total. The third-order valence-corrected chi connectivity index (χ3v) is 2.51. The zero-order chi connectivity index (χ0) is 9.36. The fourth-order valence-corrected chi connectivity index (χ4v) is 1.62. The van der Waals surface area contributed by atoms with E-state index in [0.717, 1.165) is 13.0 Å². The maximum atomic E-state index is 4.34. The molecule has 0 bridgehead atoms. The molecule has 0 aliphatic heterocycles. The van der Waals surface area contributed by atoms with Gasteiger partial charge in [0.25, 0.3) is 0 Å². The maximum absolute atomic E-state index is 4.34. The van der Waals surface area contributed by atoms with Gasteiger partial charge in [-0.05, 0) is 19.3 Å². The van der Waals surface area contributed by atoms with Gasteiger partial charge in [-0.25, -0.2) is 9.98 Å². The molecule has 0 aromatic rings. The Morgan fingerprint density at radius 2 is 2.00 bits per heavy atom. The minimum absolute atomic E-state index is 0.527. The number of rotatable bonds is 4. The van der Waals surface area contributed by atoms with Gasteiger partial charge >= 0.3 is 0 Å². The molecule has 1 aliphatic carbocycles. The molecule has 1 rings (SSSR count). The van der Waals surface area contributed by atoms with Crippen molar-refractivity contribution in [2.45, 2.75) is 57.9 Å². The van der Waals surface area contributed by atoms with E-state index < -0.39 is 0 Å². The first-order chi connectivity index (χ1) is 6.43. The van der Waals surface area contributed by atoms with Gasteiger partial charge in [0, 0.05) is 6.54 Å². The van der Waals surface area contributed by atoms with E-state index in [0.29, 0.717) is 6.04 Å². The molecule has 0 spiro atoms. The second-order valence-corrected chi connectivity index (χ2v) is 3.76. The lowest BCUT2D eigenvalue weighted by Gasteiger charge is -2.15. The number of hydrogen-bond donors (Lipinski definition) is 0. The van der Waals surface area contributed by atoms with Gasteiger partial charge in [-0.3, -0.25) is 0 Å². The van der Waals surface area contributed by atoms with Crippen molar-refractivity contribution in [1.29, 1.82) is 0 Å².